The van der Waals surface area contributed by atoms with Crippen LogP contribution in [0.5, 0.6) is 0 Å². The zero-order valence-corrected chi connectivity index (χ0v) is 12.0. The van der Waals surface area contributed by atoms with Crippen LogP contribution in [-0.4, -0.2) is 11.0 Å². The van der Waals surface area contributed by atoms with E-state index in [1.54, 1.807) is 12.1 Å². The summed E-state index contributed by atoms with van der Waals surface area (Å²) in [6.07, 6.45) is 5.29. The van der Waals surface area contributed by atoms with Gasteiger partial charge in [0, 0.05) is 11.0 Å². The zero-order chi connectivity index (χ0) is 12.1. The van der Waals surface area contributed by atoms with Gasteiger partial charge in [0.1, 0.15) is 5.82 Å². The maximum atomic E-state index is 13.1. The molecule has 1 unspecified atom stereocenters. The fourth-order valence-electron chi connectivity index (χ4n) is 2.10. The van der Waals surface area contributed by atoms with Crippen molar-refractivity contribution in [3.8, 4) is 0 Å². The van der Waals surface area contributed by atoms with Gasteiger partial charge in [-0.2, -0.15) is 0 Å². The highest BCUT2D eigenvalue weighted by atomic mass is 127. The lowest BCUT2D eigenvalue weighted by Crippen LogP contribution is -2.15. The number of hydrogen-bond acceptors (Lipinski definition) is 1. The smallest absolute Gasteiger partial charge is 0.123 e. The summed E-state index contributed by atoms with van der Waals surface area (Å²) in [6, 6.07) is 6.74. The molecule has 1 fully saturated rings. The molecule has 0 aromatic heterocycles. The van der Waals surface area contributed by atoms with E-state index in [2.05, 4.69) is 22.6 Å². The monoisotopic (exact) mass is 348 g/mol. The standard InChI is InChI=1S/C14H18FIO/c15-13-6-2-5-12(9-13)14(10-16)17-8-7-11-3-1-4-11/h2,5-6,9,11,14H,1,3-4,7-8,10H2. The molecule has 0 N–H and O–H groups in total. The molecule has 1 aromatic carbocycles. The van der Waals surface area contributed by atoms with Gasteiger partial charge in [-0.1, -0.05) is 54.0 Å². The molecule has 0 amide bonds. The average Bonchev–Trinajstić information content (AvgIpc) is 2.27. The van der Waals surface area contributed by atoms with Gasteiger partial charge < -0.3 is 4.74 Å². The van der Waals surface area contributed by atoms with Gasteiger partial charge in [-0.05, 0) is 30.0 Å². The van der Waals surface area contributed by atoms with Crippen LogP contribution in [0.15, 0.2) is 24.3 Å². The molecule has 1 saturated carbocycles. The number of alkyl halides is 1. The van der Waals surface area contributed by atoms with Crippen molar-refractivity contribution in [2.75, 3.05) is 11.0 Å². The molecule has 3 heteroatoms. The predicted molar refractivity (Wildman–Crippen MR) is 75.9 cm³/mol. The highest BCUT2D eigenvalue weighted by Gasteiger charge is 2.18. The first-order valence-corrected chi connectivity index (χ1v) is 7.75. The van der Waals surface area contributed by atoms with E-state index in [0.717, 1.165) is 28.9 Å². The van der Waals surface area contributed by atoms with Gasteiger partial charge in [0.05, 0.1) is 6.10 Å². The first-order valence-electron chi connectivity index (χ1n) is 6.22. The molecule has 1 aromatic rings. The Hall–Kier alpha value is -0.160. The van der Waals surface area contributed by atoms with Crippen LogP contribution in [0.2, 0.25) is 0 Å². The van der Waals surface area contributed by atoms with Crippen LogP contribution in [0.1, 0.15) is 37.4 Å². The topological polar surface area (TPSA) is 9.23 Å². The van der Waals surface area contributed by atoms with Crippen LogP contribution < -0.4 is 0 Å². The van der Waals surface area contributed by atoms with Crippen LogP contribution in [-0.2, 0) is 4.74 Å². The summed E-state index contributed by atoms with van der Waals surface area (Å²) in [4.78, 5) is 0. The molecule has 0 bridgehead atoms. The summed E-state index contributed by atoms with van der Waals surface area (Å²) in [5, 5.41) is 0. The summed E-state index contributed by atoms with van der Waals surface area (Å²) in [7, 11) is 0. The normalized spacial score (nSPS) is 17.8. The van der Waals surface area contributed by atoms with Crippen LogP contribution in [0.4, 0.5) is 4.39 Å². The molecule has 2 rings (SSSR count). The second kappa shape index (κ2) is 6.69. The Morgan fingerprint density at radius 1 is 1.41 bits per heavy atom. The molecule has 1 aliphatic carbocycles. The SMILES string of the molecule is Fc1cccc(C(CI)OCCC2CCC2)c1. The lowest BCUT2D eigenvalue weighted by atomic mass is 9.83. The summed E-state index contributed by atoms with van der Waals surface area (Å²) in [5.74, 6) is 0.692. The van der Waals surface area contributed by atoms with Gasteiger partial charge in [-0.15, -0.1) is 0 Å². The van der Waals surface area contributed by atoms with Gasteiger partial charge in [-0.25, -0.2) is 4.39 Å². The molecule has 0 spiro atoms. The highest BCUT2D eigenvalue weighted by Crippen LogP contribution is 2.30. The van der Waals surface area contributed by atoms with Crippen molar-refractivity contribution in [1.29, 1.82) is 0 Å². The second-order valence-corrected chi connectivity index (χ2v) is 5.54. The lowest BCUT2D eigenvalue weighted by Gasteiger charge is -2.26. The highest BCUT2D eigenvalue weighted by molar-refractivity contribution is 14.1. The fraction of sp³-hybridized carbons (Fsp3) is 0.571. The molecule has 17 heavy (non-hydrogen) atoms. The molecule has 94 valence electrons. The minimum absolute atomic E-state index is 0.0337. The van der Waals surface area contributed by atoms with E-state index in [1.165, 1.54) is 25.3 Å². The third-order valence-electron chi connectivity index (χ3n) is 3.43. The number of benzene rings is 1. The quantitative estimate of drug-likeness (QED) is 0.543. The van der Waals surface area contributed by atoms with Crippen LogP contribution in [0.3, 0.4) is 0 Å². The minimum atomic E-state index is -0.181. The number of hydrogen-bond donors (Lipinski definition) is 0. The molecule has 0 aliphatic heterocycles. The van der Waals surface area contributed by atoms with Crippen molar-refractivity contribution in [3.05, 3.63) is 35.6 Å². The van der Waals surface area contributed by atoms with E-state index >= 15 is 0 Å². The van der Waals surface area contributed by atoms with Crippen molar-refractivity contribution in [3.63, 3.8) is 0 Å². The van der Waals surface area contributed by atoms with E-state index < -0.39 is 0 Å². The summed E-state index contributed by atoms with van der Waals surface area (Å²) in [5.41, 5.74) is 0.952. The Labute approximate surface area is 116 Å². The fourth-order valence-corrected chi connectivity index (χ4v) is 2.86. The Morgan fingerprint density at radius 3 is 2.82 bits per heavy atom. The first-order chi connectivity index (χ1) is 8.29. The maximum absolute atomic E-state index is 13.1. The molecule has 1 aliphatic rings. The van der Waals surface area contributed by atoms with Gasteiger partial charge in [0.25, 0.3) is 0 Å². The van der Waals surface area contributed by atoms with E-state index in [-0.39, 0.29) is 11.9 Å². The van der Waals surface area contributed by atoms with E-state index in [1.807, 2.05) is 6.07 Å². The number of halogens is 2. The van der Waals surface area contributed by atoms with Crippen LogP contribution >= 0.6 is 22.6 Å². The van der Waals surface area contributed by atoms with Crippen molar-refractivity contribution in [2.45, 2.75) is 31.8 Å². The summed E-state index contributed by atoms with van der Waals surface area (Å²) < 4.78 is 19.9. The molecule has 0 saturated heterocycles. The number of rotatable bonds is 6. The Bertz CT molecular complexity index is 352. The van der Waals surface area contributed by atoms with Crippen molar-refractivity contribution in [1.82, 2.24) is 0 Å². The molecule has 0 radical (unpaired) electrons. The zero-order valence-electron chi connectivity index (χ0n) is 9.87. The third-order valence-corrected chi connectivity index (χ3v) is 4.23. The van der Waals surface area contributed by atoms with Crippen LogP contribution in [0, 0.1) is 11.7 Å². The van der Waals surface area contributed by atoms with Gasteiger partial charge in [-0.3, -0.25) is 0 Å². The Morgan fingerprint density at radius 2 is 2.24 bits per heavy atom. The van der Waals surface area contributed by atoms with Crippen molar-refractivity contribution < 1.29 is 9.13 Å². The van der Waals surface area contributed by atoms with Crippen molar-refractivity contribution >= 4 is 22.6 Å². The van der Waals surface area contributed by atoms with E-state index in [4.69, 9.17) is 4.74 Å². The molecule has 0 heterocycles. The molecule has 1 atom stereocenters. The molecular formula is C14H18FIO. The Balaban J connectivity index is 1.82. The number of ether oxygens (including phenoxy) is 1. The average molecular weight is 348 g/mol. The largest absolute Gasteiger partial charge is 0.373 e. The summed E-state index contributed by atoms with van der Waals surface area (Å²) in [6.45, 7) is 0.800. The minimum Gasteiger partial charge on any atom is -0.373 e. The van der Waals surface area contributed by atoms with E-state index in [9.17, 15) is 4.39 Å². The van der Waals surface area contributed by atoms with Gasteiger partial charge in [0.15, 0.2) is 0 Å². The molecular weight excluding hydrogens is 330 g/mol. The maximum Gasteiger partial charge on any atom is 0.123 e. The van der Waals surface area contributed by atoms with E-state index in [0.29, 0.717) is 0 Å². The van der Waals surface area contributed by atoms with Crippen LogP contribution in [0.25, 0.3) is 0 Å². The van der Waals surface area contributed by atoms with Gasteiger partial charge >= 0.3 is 0 Å². The summed E-state index contributed by atoms with van der Waals surface area (Å²) >= 11 is 2.30. The third kappa shape index (κ3) is 3.91. The molecule has 1 nitrogen and oxygen atoms in total. The second-order valence-electron chi connectivity index (χ2n) is 4.65. The Kier molecular flexibility index (Phi) is 5.22. The predicted octanol–water partition coefficient (Wildman–Crippen LogP) is 4.51. The lowest BCUT2D eigenvalue weighted by molar-refractivity contribution is 0.0529. The first kappa shape index (κ1) is 13.3. The van der Waals surface area contributed by atoms with Crippen molar-refractivity contribution in [2.24, 2.45) is 5.92 Å². The van der Waals surface area contributed by atoms with Gasteiger partial charge in [0.2, 0.25) is 0 Å².